The predicted molar refractivity (Wildman–Crippen MR) is 96.9 cm³/mol. The molecule has 1 N–H and O–H groups in total. The van der Waals surface area contributed by atoms with Gasteiger partial charge in [0.05, 0.1) is 22.2 Å². The van der Waals surface area contributed by atoms with Gasteiger partial charge in [0.2, 0.25) is 5.91 Å². The lowest BCUT2D eigenvalue weighted by atomic mass is 9.94. The van der Waals surface area contributed by atoms with E-state index >= 15 is 0 Å². The first-order chi connectivity index (χ1) is 12.5. The molecule has 1 fully saturated rings. The maximum atomic E-state index is 12.3. The molecule has 0 spiro atoms. The molecular weight excluding hydrogens is 336 g/mol. The number of nitro benzene ring substituents is 1. The minimum Gasteiger partial charge on any atom is -0.388 e. The van der Waals surface area contributed by atoms with Gasteiger partial charge in [0.25, 0.3) is 5.69 Å². The second-order valence-corrected chi connectivity index (χ2v) is 6.86. The van der Waals surface area contributed by atoms with E-state index in [4.69, 9.17) is 0 Å². The second-order valence-electron chi connectivity index (χ2n) is 6.86. The van der Waals surface area contributed by atoms with Crippen LogP contribution < -0.4 is 0 Å². The van der Waals surface area contributed by atoms with Crippen molar-refractivity contribution in [3.63, 3.8) is 0 Å². The number of hydrogen-bond acceptors (Lipinski definition) is 5. The molecule has 1 amide bonds. The molecule has 2 rings (SSSR count). The summed E-state index contributed by atoms with van der Waals surface area (Å²) in [5, 5.41) is 21.6. The standard InChI is InChI=1S/C19H26N2O5/c1-20(15-8-3-2-4-9-15)18(24)12-6-11-17(23)16-10-5-7-14(13-22)19(16)21(25)26/h5,7,10,13,15,17,23H,2-4,6,8-9,11-12H2,1H3. The molecule has 1 aromatic rings. The van der Waals surface area contributed by atoms with Crippen molar-refractivity contribution < 1.29 is 19.6 Å². The number of hydrogen-bond donors (Lipinski definition) is 1. The Kier molecular flexibility index (Phi) is 7.26. The zero-order chi connectivity index (χ0) is 19.1. The van der Waals surface area contributed by atoms with Crippen LogP contribution in [0.5, 0.6) is 0 Å². The molecular formula is C19H26N2O5. The molecule has 1 aromatic carbocycles. The van der Waals surface area contributed by atoms with E-state index in [-0.39, 0.29) is 29.1 Å². The average Bonchev–Trinajstić information content (AvgIpc) is 2.66. The Morgan fingerprint density at radius 2 is 2.08 bits per heavy atom. The van der Waals surface area contributed by atoms with Crippen molar-refractivity contribution in [1.29, 1.82) is 0 Å². The Bertz CT molecular complexity index is 655. The van der Waals surface area contributed by atoms with Crippen molar-refractivity contribution in [2.24, 2.45) is 0 Å². The van der Waals surface area contributed by atoms with E-state index in [9.17, 15) is 24.8 Å². The number of carbonyl (C=O) groups excluding carboxylic acids is 2. The third-order valence-electron chi connectivity index (χ3n) is 5.15. The first kappa shape index (κ1) is 20.0. The monoisotopic (exact) mass is 362 g/mol. The number of aliphatic hydroxyl groups excluding tert-OH is 1. The van der Waals surface area contributed by atoms with E-state index in [0.29, 0.717) is 25.2 Å². The lowest BCUT2D eigenvalue weighted by Crippen LogP contribution is -2.38. The summed E-state index contributed by atoms with van der Waals surface area (Å²) in [6.07, 6.45) is 5.89. The molecule has 0 heterocycles. The van der Waals surface area contributed by atoms with Crippen LogP contribution in [0.15, 0.2) is 18.2 Å². The summed E-state index contributed by atoms with van der Waals surface area (Å²) in [5.41, 5.74) is -0.298. The minimum absolute atomic E-state index is 0.0419. The number of carbonyl (C=O) groups is 2. The largest absolute Gasteiger partial charge is 0.388 e. The van der Waals surface area contributed by atoms with Crippen molar-refractivity contribution in [2.45, 2.75) is 63.5 Å². The van der Waals surface area contributed by atoms with Crippen LogP contribution in [0.4, 0.5) is 5.69 Å². The van der Waals surface area contributed by atoms with Crippen LogP contribution in [0, 0.1) is 10.1 Å². The molecule has 142 valence electrons. The quantitative estimate of drug-likeness (QED) is 0.434. The van der Waals surface area contributed by atoms with Gasteiger partial charge in [-0.3, -0.25) is 19.7 Å². The predicted octanol–water partition coefficient (Wildman–Crippen LogP) is 3.40. The van der Waals surface area contributed by atoms with E-state index in [2.05, 4.69) is 0 Å². The first-order valence-corrected chi connectivity index (χ1v) is 9.12. The number of nitrogens with zero attached hydrogens (tertiary/aromatic N) is 2. The minimum atomic E-state index is -1.08. The normalized spacial score (nSPS) is 16.1. The van der Waals surface area contributed by atoms with Gasteiger partial charge in [-0.25, -0.2) is 0 Å². The van der Waals surface area contributed by atoms with Crippen molar-refractivity contribution in [2.75, 3.05) is 7.05 Å². The topological polar surface area (TPSA) is 101 Å². The van der Waals surface area contributed by atoms with Gasteiger partial charge in [-0.2, -0.15) is 0 Å². The number of rotatable bonds is 8. The van der Waals surface area contributed by atoms with Crippen LogP contribution in [0.3, 0.4) is 0 Å². The number of aldehydes is 1. The molecule has 1 aliphatic rings. The van der Waals surface area contributed by atoms with Gasteiger partial charge in [-0.05, 0) is 37.8 Å². The summed E-state index contributed by atoms with van der Waals surface area (Å²) >= 11 is 0. The van der Waals surface area contributed by atoms with Gasteiger partial charge in [0.1, 0.15) is 0 Å². The Hall–Kier alpha value is -2.28. The van der Waals surface area contributed by atoms with Crippen LogP contribution >= 0.6 is 0 Å². The van der Waals surface area contributed by atoms with Gasteiger partial charge in [-0.15, -0.1) is 0 Å². The third-order valence-corrected chi connectivity index (χ3v) is 5.15. The zero-order valence-electron chi connectivity index (χ0n) is 15.1. The van der Waals surface area contributed by atoms with E-state index in [0.717, 1.165) is 25.7 Å². The molecule has 0 radical (unpaired) electrons. The summed E-state index contributed by atoms with van der Waals surface area (Å²) in [6, 6.07) is 4.61. The summed E-state index contributed by atoms with van der Waals surface area (Å²) < 4.78 is 0. The average molecular weight is 362 g/mol. The molecule has 1 atom stereocenters. The highest BCUT2D eigenvalue weighted by Gasteiger charge is 2.25. The van der Waals surface area contributed by atoms with E-state index in [1.54, 1.807) is 4.90 Å². The fourth-order valence-corrected chi connectivity index (χ4v) is 3.61. The third kappa shape index (κ3) is 4.88. The van der Waals surface area contributed by atoms with Crippen molar-refractivity contribution in [1.82, 2.24) is 4.90 Å². The van der Waals surface area contributed by atoms with Crippen LogP contribution in [0.2, 0.25) is 0 Å². The molecule has 7 heteroatoms. The number of aliphatic hydroxyl groups is 1. The molecule has 26 heavy (non-hydrogen) atoms. The summed E-state index contributed by atoms with van der Waals surface area (Å²) in [7, 11) is 1.83. The second kappa shape index (κ2) is 9.43. The van der Waals surface area contributed by atoms with Crippen LogP contribution in [-0.2, 0) is 4.79 Å². The van der Waals surface area contributed by atoms with Crippen LogP contribution in [-0.4, -0.2) is 40.2 Å². The Labute approximate surface area is 153 Å². The van der Waals surface area contributed by atoms with E-state index in [1.807, 2.05) is 7.05 Å². The number of benzene rings is 1. The summed E-state index contributed by atoms with van der Waals surface area (Å²) in [4.78, 5) is 35.7. The molecule has 1 saturated carbocycles. The van der Waals surface area contributed by atoms with Gasteiger partial charge < -0.3 is 10.0 Å². The van der Waals surface area contributed by atoms with Crippen molar-refractivity contribution in [3.05, 3.63) is 39.4 Å². The highest BCUT2D eigenvalue weighted by Crippen LogP contribution is 2.31. The Morgan fingerprint density at radius 3 is 2.69 bits per heavy atom. The number of nitro groups is 1. The van der Waals surface area contributed by atoms with Gasteiger partial charge in [-0.1, -0.05) is 25.3 Å². The van der Waals surface area contributed by atoms with Crippen molar-refractivity contribution in [3.8, 4) is 0 Å². The van der Waals surface area contributed by atoms with Gasteiger partial charge in [0.15, 0.2) is 6.29 Å². The number of amides is 1. The molecule has 0 saturated heterocycles. The zero-order valence-corrected chi connectivity index (χ0v) is 15.1. The summed E-state index contributed by atoms with van der Waals surface area (Å²) in [6.45, 7) is 0. The van der Waals surface area contributed by atoms with Crippen LogP contribution in [0.25, 0.3) is 0 Å². The Balaban J connectivity index is 1.92. The smallest absolute Gasteiger partial charge is 0.285 e. The molecule has 0 bridgehead atoms. The van der Waals surface area contributed by atoms with Gasteiger partial charge >= 0.3 is 0 Å². The fourth-order valence-electron chi connectivity index (χ4n) is 3.61. The highest BCUT2D eigenvalue weighted by atomic mass is 16.6. The van der Waals surface area contributed by atoms with Crippen molar-refractivity contribution >= 4 is 17.9 Å². The van der Waals surface area contributed by atoms with E-state index in [1.165, 1.54) is 24.6 Å². The molecule has 7 nitrogen and oxygen atoms in total. The van der Waals surface area contributed by atoms with Crippen LogP contribution in [0.1, 0.15) is 73.4 Å². The lowest BCUT2D eigenvalue weighted by molar-refractivity contribution is -0.386. The van der Waals surface area contributed by atoms with Gasteiger partial charge in [0, 0.05) is 19.5 Å². The molecule has 0 aromatic heterocycles. The molecule has 1 aliphatic carbocycles. The maximum Gasteiger partial charge on any atom is 0.285 e. The lowest BCUT2D eigenvalue weighted by Gasteiger charge is -2.31. The molecule has 0 aliphatic heterocycles. The maximum absolute atomic E-state index is 12.3. The Morgan fingerprint density at radius 1 is 1.38 bits per heavy atom. The van der Waals surface area contributed by atoms with E-state index < -0.39 is 11.0 Å². The molecule has 1 unspecified atom stereocenters. The summed E-state index contributed by atoms with van der Waals surface area (Å²) in [5.74, 6) is 0.0419. The fraction of sp³-hybridized carbons (Fsp3) is 0.579. The highest BCUT2D eigenvalue weighted by molar-refractivity contribution is 5.82. The first-order valence-electron chi connectivity index (χ1n) is 9.12. The SMILES string of the molecule is CN(C(=O)CCCC(O)c1cccc(C=O)c1[N+](=O)[O-])C1CCCCC1. The number of para-hydroxylation sites is 1.